The number of thiophene rings is 1. The maximum Gasteiger partial charge on any atom is 0.164 e. The lowest BCUT2D eigenvalue weighted by molar-refractivity contribution is 1.07. The normalized spacial score (nSPS) is 11.5. The number of hydrogen-bond donors (Lipinski definition) is 0. The van der Waals surface area contributed by atoms with E-state index in [4.69, 9.17) is 19.9 Å². The van der Waals surface area contributed by atoms with Crippen molar-refractivity contribution in [2.75, 3.05) is 0 Å². The van der Waals surface area contributed by atoms with Crippen molar-refractivity contribution < 1.29 is 0 Å². The molecule has 0 unspecified atom stereocenters. The van der Waals surface area contributed by atoms with Crippen LogP contribution in [-0.2, 0) is 0 Å². The van der Waals surface area contributed by atoms with Gasteiger partial charge in [-0.15, -0.1) is 11.3 Å². The van der Waals surface area contributed by atoms with Gasteiger partial charge in [-0.2, -0.15) is 0 Å². The Labute approximate surface area is 298 Å². The van der Waals surface area contributed by atoms with Crippen LogP contribution < -0.4 is 0 Å². The van der Waals surface area contributed by atoms with Crippen LogP contribution in [0.25, 0.3) is 98.3 Å². The highest BCUT2D eigenvalue weighted by Gasteiger charge is 2.17. The Bertz CT molecular complexity index is 2860. The maximum absolute atomic E-state index is 5.02. The van der Waals surface area contributed by atoms with E-state index in [0.29, 0.717) is 17.5 Å². The molecule has 51 heavy (non-hydrogen) atoms. The van der Waals surface area contributed by atoms with Crippen LogP contribution >= 0.6 is 11.3 Å². The molecule has 4 nitrogen and oxygen atoms in total. The Balaban J connectivity index is 1.17. The smallest absolute Gasteiger partial charge is 0.164 e. The van der Waals surface area contributed by atoms with E-state index in [1.54, 1.807) is 0 Å². The first-order chi connectivity index (χ1) is 25.2. The molecule has 0 saturated carbocycles. The highest BCUT2D eigenvalue weighted by molar-refractivity contribution is 7.26. The maximum atomic E-state index is 5.02. The highest BCUT2D eigenvalue weighted by Crippen LogP contribution is 2.44. The quantitative estimate of drug-likeness (QED) is 0.171. The van der Waals surface area contributed by atoms with Crippen LogP contribution in [0.15, 0.2) is 170 Å². The van der Waals surface area contributed by atoms with E-state index in [1.807, 2.05) is 78.2 Å². The molecule has 0 aliphatic rings. The zero-order valence-electron chi connectivity index (χ0n) is 27.4. The number of fused-ring (bicyclic) bond motifs is 6. The van der Waals surface area contributed by atoms with Crippen LogP contribution in [0.5, 0.6) is 0 Å². The summed E-state index contributed by atoms with van der Waals surface area (Å²) in [5, 5.41) is 6.02. The number of pyridine rings is 1. The molecule has 0 N–H and O–H groups in total. The molecule has 0 amide bonds. The van der Waals surface area contributed by atoms with Gasteiger partial charge in [0.15, 0.2) is 17.5 Å². The molecule has 0 aliphatic heterocycles. The van der Waals surface area contributed by atoms with Crippen molar-refractivity contribution in [2.24, 2.45) is 0 Å². The Morgan fingerprint density at radius 2 is 0.980 bits per heavy atom. The van der Waals surface area contributed by atoms with Crippen molar-refractivity contribution in [1.29, 1.82) is 0 Å². The fraction of sp³-hybridized carbons (Fsp3) is 0. The molecule has 0 atom stereocenters. The minimum Gasteiger partial charge on any atom is -0.256 e. The second-order valence-electron chi connectivity index (χ2n) is 12.7. The molecule has 0 aliphatic carbocycles. The molecule has 10 aromatic rings. The van der Waals surface area contributed by atoms with Gasteiger partial charge in [-0.25, -0.2) is 15.0 Å². The van der Waals surface area contributed by atoms with Gasteiger partial charge >= 0.3 is 0 Å². The van der Waals surface area contributed by atoms with Gasteiger partial charge in [0.05, 0.1) is 5.52 Å². The first kappa shape index (κ1) is 29.4. The summed E-state index contributed by atoms with van der Waals surface area (Å²) in [6.07, 6.45) is 1.96. The first-order valence-corrected chi connectivity index (χ1v) is 17.8. The van der Waals surface area contributed by atoms with Crippen LogP contribution in [-0.4, -0.2) is 19.9 Å². The van der Waals surface area contributed by atoms with Crippen LogP contribution in [0, 0.1) is 0 Å². The third kappa shape index (κ3) is 5.23. The Kier molecular flexibility index (Phi) is 6.96. The molecule has 0 bridgehead atoms. The van der Waals surface area contributed by atoms with Crippen molar-refractivity contribution in [3.63, 3.8) is 0 Å². The van der Waals surface area contributed by atoms with Crippen molar-refractivity contribution >= 4 is 53.2 Å². The van der Waals surface area contributed by atoms with Crippen LogP contribution in [0.4, 0.5) is 0 Å². The molecule has 0 saturated heterocycles. The monoisotopic (exact) mass is 668 g/mol. The predicted octanol–water partition coefficient (Wildman–Crippen LogP) is 12.3. The highest BCUT2D eigenvalue weighted by atomic mass is 32.1. The third-order valence-corrected chi connectivity index (χ3v) is 10.8. The van der Waals surface area contributed by atoms with Gasteiger partial charge in [0, 0.05) is 59.4 Å². The van der Waals surface area contributed by atoms with E-state index in [2.05, 4.69) is 103 Å². The summed E-state index contributed by atoms with van der Waals surface area (Å²) < 4.78 is 2.53. The third-order valence-electron chi connectivity index (χ3n) is 9.53. The van der Waals surface area contributed by atoms with E-state index >= 15 is 0 Å². The molecule has 10 rings (SSSR count). The zero-order chi connectivity index (χ0) is 33.7. The fourth-order valence-electron chi connectivity index (χ4n) is 7.01. The number of rotatable bonds is 5. The lowest BCUT2D eigenvalue weighted by atomic mass is 9.94. The largest absolute Gasteiger partial charge is 0.256 e. The van der Waals surface area contributed by atoms with Gasteiger partial charge < -0.3 is 0 Å². The van der Waals surface area contributed by atoms with Crippen LogP contribution in [0.1, 0.15) is 0 Å². The molecule has 0 radical (unpaired) electrons. The number of hydrogen-bond acceptors (Lipinski definition) is 5. The second-order valence-corrected chi connectivity index (χ2v) is 13.7. The van der Waals surface area contributed by atoms with Crippen LogP contribution in [0.2, 0.25) is 0 Å². The first-order valence-electron chi connectivity index (χ1n) is 17.0. The summed E-state index contributed by atoms with van der Waals surface area (Å²) in [5.74, 6) is 1.94. The zero-order valence-corrected chi connectivity index (χ0v) is 28.2. The summed E-state index contributed by atoms with van der Waals surface area (Å²) in [6.45, 7) is 0. The van der Waals surface area contributed by atoms with Gasteiger partial charge in [-0.3, -0.25) is 4.98 Å². The molecule has 0 fully saturated rings. The summed E-state index contributed by atoms with van der Waals surface area (Å²) in [7, 11) is 0. The number of nitrogens with zero attached hydrogens (tertiary/aromatic N) is 4. The van der Waals surface area contributed by atoms with Gasteiger partial charge in [0.1, 0.15) is 0 Å². The molecule has 0 spiro atoms. The molecule has 3 aromatic heterocycles. The minimum absolute atomic E-state index is 0.641. The molecular weight excluding hydrogens is 641 g/mol. The van der Waals surface area contributed by atoms with Crippen molar-refractivity contribution in [2.45, 2.75) is 0 Å². The molecule has 238 valence electrons. The van der Waals surface area contributed by atoms with E-state index in [1.165, 1.54) is 36.7 Å². The molecule has 7 aromatic carbocycles. The lowest BCUT2D eigenvalue weighted by Gasteiger charge is -2.12. The van der Waals surface area contributed by atoms with Crippen LogP contribution in [0.3, 0.4) is 0 Å². The lowest BCUT2D eigenvalue weighted by Crippen LogP contribution is -2.00. The topological polar surface area (TPSA) is 51.6 Å². The summed E-state index contributed by atoms with van der Waals surface area (Å²) in [4.78, 5) is 19.7. The van der Waals surface area contributed by atoms with Gasteiger partial charge in [0.25, 0.3) is 0 Å². The molecular formula is C46H28N4S. The fourth-order valence-corrected chi connectivity index (χ4v) is 8.23. The predicted molar refractivity (Wildman–Crippen MR) is 213 cm³/mol. The Hall–Kier alpha value is -6.56. The molecule has 3 heterocycles. The minimum atomic E-state index is 0.641. The Morgan fingerprint density at radius 3 is 1.75 bits per heavy atom. The van der Waals surface area contributed by atoms with Gasteiger partial charge in [0.2, 0.25) is 0 Å². The summed E-state index contributed by atoms with van der Waals surface area (Å²) in [6, 6.07) is 57.4. The van der Waals surface area contributed by atoms with E-state index in [-0.39, 0.29) is 0 Å². The summed E-state index contributed by atoms with van der Waals surface area (Å²) in [5.41, 5.74) is 8.46. The average Bonchev–Trinajstić information content (AvgIpc) is 3.59. The number of benzene rings is 7. The van der Waals surface area contributed by atoms with Crippen molar-refractivity contribution in [1.82, 2.24) is 19.9 Å². The van der Waals surface area contributed by atoms with Crippen molar-refractivity contribution in [3.05, 3.63) is 170 Å². The van der Waals surface area contributed by atoms with Crippen molar-refractivity contribution in [3.8, 4) is 56.4 Å². The van der Waals surface area contributed by atoms with E-state index in [9.17, 15) is 0 Å². The van der Waals surface area contributed by atoms with E-state index in [0.717, 1.165) is 44.1 Å². The standard InChI is InChI=1S/C46H28N4S/c1-3-12-29(13-4-1)44-48-45(30-14-5-2-6-15-30)50-46(49-44)33-18-11-17-32(24-33)38-26-35(27-40-37-20-9-10-21-42(37)51-43(38)40)31-22-23-41-39(25-31)36-19-8-7-16-34(36)28-47-41/h1-28H. The Morgan fingerprint density at radius 1 is 0.373 bits per heavy atom. The van der Waals surface area contributed by atoms with Gasteiger partial charge in [-0.1, -0.05) is 127 Å². The average molecular weight is 669 g/mol. The molecule has 5 heteroatoms. The number of aromatic nitrogens is 4. The SMILES string of the molecule is c1ccc(-c2nc(-c3ccccc3)nc(-c3cccc(-c4cc(-c5ccc6ncc7ccccc7c6c5)cc5c4sc4ccccc45)c3)n2)cc1. The summed E-state index contributed by atoms with van der Waals surface area (Å²) >= 11 is 1.84. The second kappa shape index (κ2) is 12.1. The van der Waals surface area contributed by atoms with E-state index < -0.39 is 0 Å². The van der Waals surface area contributed by atoms with Gasteiger partial charge in [-0.05, 0) is 58.5 Å².